The highest BCUT2D eigenvalue weighted by Gasteiger charge is 2.44. The fourth-order valence-corrected chi connectivity index (χ4v) is 4.85. The van der Waals surface area contributed by atoms with Crippen LogP contribution in [-0.2, 0) is 4.74 Å². The molecule has 1 N–H and O–H groups in total. The molecule has 2 unspecified atom stereocenters. The van der Waals surface area contributed by atoms with E-state index in [4.69, 9.17) is 9.47 Å². The van der Waals surface area contributed by atoms with Gasteiger partial charge in [0.15, 0.2) is 0 Å². The molecule has 2 bridgehead atoms. The number of aromatic nitrogens is 3. The largest absolute Gasteiger partial charge is 0.481 e. The van der Waals surface area contributed by atoms with Gasteiger partial charge in [0.05, 0.1) is 19.2 Å². The van der Waals surface area contributed by atoms with Gasteiger partial charge in [-0.1, -0.05) is 0 Å². The predicted octanol–water partition coefficient (Wildman–Crippen LogP) is 4.22. The number of rotatable bonds is 3. The Kier molecular flexibility index (Phi) is 4.95. The van der Waals surface area contributed by atoms with E-state index in [9.17, 15) is 4.79 Å². The van der Waals surface area contributed by atoms with E-state index in [-0.39, 0.29) is 18.2 Å². The molecular weight excluding hydrogens is 406 g/mol. The van der Waals surface area contributed by atoms with Crippen molar-refractivity contribution < 1.29 is 14.3 Å². The highest BCUT2D eigenvalue weighted by atomic mass is 16.6. The van der Waals surface area contributed by atoms with Crippen LogP contribution in [0.4, 0.5) is 10.5 Å². The van der Waals surface area contributed by atoms with Gasteiger partial charge in [0.25, 0.3) is 0 Å². The third-order valence-electron chi connectivity index (χ3n) is 6.19. The first-order valence-corrected chi connectivity index (χ1v) is 11.1. The van der Waals surface area contributed by atoms with Gasteiger partial charge in [-0.05, 0) is 51.8 Å². The molecule has 2 aliphatic rings. The summed E-state index contributed by atoms with van der Waals surface area (Å²) < 4.78 is 10.9. The number of ether oxygens (including phenoxy) is 2. The number of pyridine rings is 2. The first-order valence-electron chi connectivity index (χ1n) is 11.1. The Bertz CT molecular complexity index is 1140. The second-order valence-electron chi connectivity index (χ2n) is 9.54. The Morgan fingerprint density at radius 1 is 1.09 bits per heavy atom. The van der Waals surface area contributed by atoms with Gasteiger partial charge in [-0.15, -0.1) is 0 Å². The minimum atomic E-state index is -0.484. The van der Waals surface area contributed by atoms with Crippen LogP contribution in [0.15, 0.2) is 36.7 Å². The fraction of sp³-hybridized carbons (Fsp3) is 0.458. The van der Waals surface area contributed by atoms with Crippen molar-refractivity contribution in [3.63, 3.8) is 0 Å². The number of hydrogen-bond acceptors (Lipinski definition) is 6. The standard InChI is InChI=1S/C24H29N5O3/c1-24(2,3)32-23(30)29-16-5-6-17(29)14-28(13-16)20-8-10-26-22-18(20)12-19(27-22)15-7-9-25-21(11-15)31-4/h7-12,16-17H,5-6,13-14H2,1-4H3,(H,26,27). The van der Waals surface area contributed by atoms with Gasteiger partial charge in [-0.2, -0.15) is 0 Å². The molecule has 0 spiro atoms. The highest BCUT2D eigenvalue weighted by molar-refractivity contribution is 5.94. The molecule has 1 amide bonds. The number of fused-ring (bicyclic) bond motifs is 3. The lowest BCUT2D eigenvalue weighted by molar-refractivity contribution is 0.0123. The topological polar surface area (TPSA) is 83.6 Å². The molecule has 32 heavy (non-hydrogen) atoms. The molecule has 2 fully saturated rings. The number of nitrogens with one attached hydrogen (secondary N) is 1. The van der Waals surface area contributed by atoms with Gasteiger partial charge in [0.2, 0.25) is 5.88 Å². The van der Waals surface area contributed by atoms with Gasteiger partial charge in [-0.3, -0.25) is 4.90 Å². The first-order chi connectivity index (χ1) is 15.3. The number of aromatic amines is 1. The lowest BCUT2D eigenvalue weighted by Crippen LogP contribution is -2.56. The minimum Gasteiger partial charge on any atom is -0.481 e. The van der Waals surface area contributed by atoms with E-state index in [1.807, 2.05) is 44.0 Å². The van der Waals surface area contributed by atoms with Crippen LogP contribution >= 0.6 is 0 Å². The summed E-state index contributed by atoms with van der Waals surface area (Å²) in [5, 5.41) is 1.07. The van der Waals surface area contributed by atoms with Crippen molar-refractivity contribution in [2.75, 3.05) is 25.1 Å². The number of H-pyrrole nitrogens is 1. The second-order valence-corrected chi connectivity index (χ2v) is 9.54. The molecule has 0 radical (unpaired) electrons. The van der Waals surface area contributed by atoms with Gasteiger partial charge in [0.1, 0.15) is 11.2 Å². The summed E-state index contributed by atoms with van der Waals surface area (Å²) >= 11 is 0. The Labute approximate surface area is 187 Å². The van der Waals surface area contributed by atoms with Gasteiger partial charge in [0, 0.05) is 53.9 Å². The molecule has 8 heteroatoms. The minimum absolute atomic E-state index is 0.162. The zero-order valence-corrected chi connectivity index (χ0v) is 19.0. The van der Waals surface area contributed by atoms with Crippen molar-refractivity contribution in [3.8, 4) is 17.1 Å². The maximum atomic E-state index is 12.8. The Hall–Kier alpha value is -3.29. The molecule has 0 saturated carbocycles. The summed E-state index contributed by atoms with van der Waals surface area (Å²) in [7, 11) is 1.61. The molecular formula is C24H29N5O3. The molecule has 3 aromatic rings. The van der Waals surface area contributed by atoms with Gasteiger partial charge < -0.3 is 19.4 Å². The second kappa shape index (κ2) is 7.69. The van der Waals surface area contributed by atoms with Crippen molar-refractivity contribution in [2.24, 2.45) is 0 Å². The smallest absolute Gasteiger partial charge is 0.410 e. The molecule has 5 heterocycles. The molecule has 168 valence electrons. The first kappa shape index (κ1) is 20.6. The average Bonchev–Trinajstić information content (AvgIpc) is 3.31. The molecule has 2 saturated heterocycles. The summed E-state index contributed by atoms with van der Waals surface area (Å²) in [6.07, 6.45) is 5.39. The van der Waals surface area contributed by atoms with E-state index < -0.39 is 5.60 Å². The number of anilines is 1. The van der Waals surface area contributed by atoms with Crippen LogP contribution < -0.4 is 9.64 Å². The Balaban J connectivity index is 1.42. The molecule has 3 aromatic heterocycles. The number of hydrogen-bond donors (Lipinski definition) is 1. The van der Waals surface area contributed by atoms with Gasteiger partial charge >= 0.3 is 6.09 Å². The van der Waals surface area contributed by atoms with E-state index in [2.05, 4.69) is 32.0 Å². The number of amides is 1. The quantitative estimate of drug-likeness (QED) is 0.663. The van der Waals surface area contributed by atoms with Crippen molar-refractivity contribution in [2.45, 2.75) is 51.3 Å². The third-order valence-corrected chi connectivity index (χ3v) is 6.19. The molecule has 5 rings (SSSR count). The SMILES string of the molecule is COc1cc(-c2cc3c(N4CC5CCC(C4)N5C(=O)OC(C)(C)C)ccnc3[nH]2)ccn1. The van der Waals surface area contributed by atoms with Gasteiger partial charge in [-0.25, -0.2) is 14.8 Å². The lowest BCUT2D eigenvalue weighted by atomic mass is 10.1. The average molecular weight is 436 g/mol. The van der Waals surface area contributed by atoms with E-state index >= 15 is 0 Å². The fourth-order valence-electron chi connectivity index (χ4n) is 4.85. The zero-order valence-electron chi connectivity index (χ0n) is 19.0. The summed E-state index contributed by atoms with van der Waals surface area (Å²) in [6.45, 7) is 7.33. The normalized spacial score (nSPS) is 20.6. The number of carbonyl (C=O) groups is 1. The van der Waals surface area contributed by atoms with Crippen LogP contribution in [0, 0.1) is 0 Å². The van der Waals surface area contributed by atoms with Crippen LogP contribution in [0.25, 0.3) is 22.3 Å². The summed E-state index contributed by atoms with van der Waals surface area (Å²) in [4.78, 5) is 29.3. The maximum absolute atomic E-state index is 12.8. The van der Waals surface area contributed by atoms with Crippen molar-refractivity contribution >= 4 is 22.8 Å². The lowest BCUT2D eigenvalue weighted by Gasteiger charge is -2.42. The summed E-state index contributed by atoms with van der Waals surface area (Å²) in [6, 6.07) is 8.38. The molecule has 0 aromatic carbocycles. The zero-order chi connectivity index (χ0) is 22.5. The molecule has 2 aliphatic heterocycles. The predicted molar refractivity (Wildman–Crippen MR) is 123 cm³/mol. The number of methoxy groups -OCH3 is 1. The van der Waals surface area contributed by atoms with Crippen molar-refractivity contribution in [1.82, 2.24) is 19.9 Å². The maximum Gasteiger partial charge on any atom is 0.410 e. The summed E-state index contributed by atoms with van der Waals surface area (Å²) in [5.41, 5.74) is 3.46. The van der Waals surface area contributed by atoms with Crippen LogP contribution in [-0.4, -0.2) is 63.8 Å². The van der Waals surface area contributed by atoms with Crippen LogP contribution in [0.3, 0.4) is 0 Å². The van der Waals surface area contributed by atoms with Crippen LogP contribution in [0.1, 0.15) is 33.6 Å². The summed E-state index contributed by atoms with van der Waals surface area (Å²) in [5.74, 6) is 0.573. The number of carbonyl (C=O) groups excluding carboxylic acids is 1. The van der Waals surface area contributed by atoms with E-state index in [1.54, 1.807) is 13.3 Å². The highest BCUT2D eigenvalue weighted by Crippen LogP contribution is 2.37. The molecule has 2 atom stereocenters. The van der Waals surface area contributed by atoms with E-state index in [0.717, 1.165) is 53.9 Å². The van der Waals surface area contributed by atoms with Crippen molar-refractivity contribution in [3.05, 3.63) is 36.7 Å². The number of nitrogens with zero attached hydrogens (tertiary/aromatic N) is 4. The third kappa shape index (κ3) is 3.74. The molecule has 0 aliphatic carbocycles. The number of piperazine rings is 1. The van der Waals surface area contributed by atoms with Crippen LogP contribution in [0.2, 0.25) is 0 Å². The van der Waals surface area contributed by atoms with E-state index in [1.165, 1.54) is 0 Å². The van der Waals surface area contributed by atoms with Crippen molar-refractivity contribution in [1.29, 1.82) is 0 Å². The monoisotopic (exact) mass is 435 g/mol. The van der Waals surface area contributed by atoms with E-state index in [0.29, 0.717) is 5.88 Å². The Morgan fingerprint density at radius 3 is 2.50 bits per heavy atom. The van der Waals surface area contributed by atoms with Crippen LogP contribution in [0.5, 0.6) is 5.88 Å². The Morgan fingerprint density at radius 2 is 1.81 bits per heavy atom. The molecule has 8 nitrogen and oxygen atoms in total.